The number of aliphatic hydroxyl groups excluding tert-OH is 1. The molecule has 0 saturated carbocycles. The van der Waals surface area contributed by atoms with Crippen molar-refractivity contribution in [2.24, 2.45) is 7.05 Å². The first-order valence-electron chi connectivity index (χ1n) is 9.01. The van der Waals surface area contributed by atoms with Gasteiger partial charge in [0.2, 0.25) is 0 Å². The van der Waals surface area contributed by atoms with E-state index in [0.717, 1.165) is 16.6 Å². The highest BCUT2D eigenvalue weighted by Crippen LogP contribution is 2.22. The zero-order valence-corrected chi connectivity index (χ0v) is 16.5. The van der Waals surface area contributed by atoms with Crippen LogP contribution in [0, 0.1) is 25.2 Å². The fourth-order valence-electron chi connectivity index (χ4n) is 2.89. The molecule has 1 aromatic heterocycles. The average Bonchev–Trinajstić information content (AvgIpc) is 3.05. The van der Waals surface area contributed by atoms with Gasteiger partial charge in [-0.2, -0.15) is 5.26 Å². The lowest BCUT2D eigenvalue weighted by atomic mass is 10.1. The van der Waals surface area contributed by atoms with E-state index in [-0.39, 0.29) is 17.9 Å². The van der Waals surface area contributed by atoms with Crippen LogP contribution in [-0.4, -0.2) is 33.8 Å². The van der Waals surface area contributed by atoms with Gasteiger partial charge in [-0.15, -0.1) is 0 Å². The summed E-state index contributed by atoms with van der Waals surface area (Å²) in [5.74, 6) is -0.126. The Balaban J connectivity index is 1.68. The van der Waals surface area contributed by atoms with Gasteiger partial charge in [0, 0.05) is 7.05 Å². The van der Waals surface area contributed by atoms with E-state index in [1.165, 1.54) is 0 Å². The Morgan fingerprint density at radius 3 is 2.66 bits per heavy atom. The molecule has 0 aliphatic rings. The Hall–Kier alpha value is -3.79. The highest BCUT2D eigenvalue weighted by atomic mass is 16.6. The van der Waals surface area contributed by atoms with E-state index in [4.69, 9.17) is 9.47 Å². The number of rotatable bonds is 6. The Morgan fingerprint density at radius 1 is 1.17 bits per heavy atom. The number of carbonyl (C=O) groups is 1. The Labute approximate surface area is 168 Å². The van der Waals surface area contributed by atoms with Crippen molar-refractivity contribution in [3.8, 4) is 11.8 Å². The first-order valence-corrected chi connectivity index (χ1v) is 9.01. The van der Waals surface area contributed by atoms with E-state index in [2.05, 4.69) is 4.98 Å². The lowest BCUT2D eigenvalue weighted by molar-refractivity contribution is -0.145. The normalized spacial score (nSPS) is 11.7. The van der Waals surface area contributed by atoms with Gasteiger partial charge in [0.05, 0.1) is 11.0 Å². The van der Waals surface area contributed by atoms with E-state index in [1.54, 1.807) is 17.7 Å². The van der Waals surface area contributed by atoms with Gasteiger partial charge in [0.25, 0.3) is 0 Å². The maximum Gasteiger partial charge on any atom is 0.344 e. The topological polar surface area (TPSA) is 97.4 Å². The number of nitriles is 1. The minimum Gasteiger partial charge on any atom is -0.507 e. The molecule has 0 atom stereocenters. The third kappa shape index (κ3) is 4.22. The molecule has 7 nitrogen and oxygen atoms in total. The number of esters is 1. The van der Waals surface area contributed by atoms with E-state index in [9.17, 15) is 15.2 Å². The van der Waals surface area contributed by atoms with Crippen LogP contribution in [0.25, 0.3) is 16.6 Å². The minimum absolute atomic E-state index is 0.0491. The molecular formula is C22H21N3O4. The average molecular weight is 391 g/mol. The van der Waals surface area contributed by atoms with Crippen molar-refractivity contribution < 1.29 is 19.4 Å². The number of hydrogen-bond acceptors (Lipinski definition) is 6. The van der Waals surface area contributed by atoms with Crippen molar-refractivity contribution >= 4 is 22.6 Å². The van der Waals surface area contributed by atoms with Crippen LogP contribution >= 0.6 is 0 Å². The summed E-state index contributed by atoms with van der Waals surface area (Å²) in [4.78, 5) is 16.4. The van der Waals surface area contributed by atoms with Gasteiger partial charge in [-0.1, -0.05) is 24.3 Å². The van der Waals surface area contributed by atoms with Crippen LogP contribution in [0.15, 0.2) is 48.2 Å². The fraction of sp³-hybridized carbons (Fsp3) is 0.227. The van der Waals surface area contributed by atoms with Crippen LogP contribution in [-0.2, 0) is 16.6 Å². The molecule has 0 radical (unpaired) electrons. The molecule has 0 bridgehead atoms. The number of aromatic nitrogens is 2. The van der Waals surface area contributed by atoms with Crippen LogP contribution < -0.4 is 4.74 Å². The second kappa shape index (κ2) is 8.48. The van der Waals surface area contributed by atoms with Crippen LogP contribution in [0.1, 0.15) is 17.0 Å². The molecule has 1 heterocycles. The van der Waals surface area contributed by atoms with Crippen molar-refractivity contribution in [3.63, 3.8) is 0 Å². The second-order valence-electron chi connectivity index (χ2n) is 6.56. The molecule has 0 fully saturated rings. The number of imidazole rings is 1. The summed E-state index contributed by atoms with van der Waals surface area (Å²) in [6.45, 7) is 3.11. The minimum atomic E-state index is -0.653. The van der Waals surface area contributed by atoms with E-state index >= 15 is 0 Å². The van der Waals surface area contributed by atoms with Gasteiger partial charge in [0.1, 0.15) is 24.0 Å². The number of nitrogens with zero attached hydrogens (tertiary/aromatic N) is 3. The van der Waals surface area contributed by atoms with Gasteiger partial charge in [-0.25, -0.2) is 9.78 Å². The molecule has 2 aromatic carbocycles. The third-order valence-corrected chi connectivity index (χ3v) is 4.68. The second-order valence-corrected chi connectivity index (χ2v) is 6.56. The van der Waals surface area contributed by atoms with Crippen molar-refractivity contribution in [1.82, 2.24) is 9.55 Å². The van der Waals surface area contributed by atoms with Crippen molar-refractivity contribution in [2.75, 3.05) is 13.2 Å². The molecule has 0 aliphatic carbocycles. The zero-order valence-electron chi connectivity index (χ0n) is 16.5. The number of para-hydroxylation sites is 2. The number of hydrogen-bond donors (Lipinski definition) is 1. The summed E-state index contributed by atoms with van der Waals surface area (Å²) >= 11 is 0. The summed E-state index contributed by atoms with van der Waals surface area (Å²) in [5.41, 5.74) is 3.47. The molecule has 0 amide bonds. The van der Waals surface area contributed by atoms with Crippen LogP contribution in [0.5, 0.6) is 5.75 Å². The molecule has 3 rings (SSSR count). The number of benzene rings is 2. The highest BCUT2D eigenvalue weighted by molar-refractivity contribution is 5.84. The Bertz CT molecular complexity index is 1140. The molecule has 1 N–H and O–H groups in total. The zero-order chi connectivity index (χ0) is 21.0. The van der Waals surface area contributed by atoms with Crippen LogP contribution in [0.2, 0.25) is 0 Å². The van der Waals surface area contributed by atoms with Crippen molar-refractivity contribution in [3.05, 3.63) is 65.2 Å². The monoisotopic (exact) mass is 391 g/mol. The Kier molecular flexibility index (Phi) is 5.84. The van der Waals surface area contributed by atoms with Crippen LogP contribution in [0.3, 0.4) is 0 Å². The molecule has 7 heteroatoms. The third-order valence-electron chi connectivity index (χ3n) is 4.68. The lowest BCUT2D eigenvalue weighted by Gasteiger charge is -2.11. The quantitative estimate of drug-likeness (QED) is 0.392. The van der Waals surface area contributed by atoms with E-state index < -0.39 is 12.6 Å². The predicted octanol–water partition coefficient (Wildman–Crippen LogP) is 3.61. The number of aliphatic hydroxyl groups is 1. The summed E-state index contributed by atoms with van der Waals surface area (Å²) < 4.78 is 12.2. The van der Waals surface area contributed by atoms with Gasteiger partial charge < -0.3 is 19.1 Å². The van der Waals surface area contributed by atoms with E-state index in [1.807, 2.05) is 56.3 Å². The maximum absolute atomic E-state index is 12.0. The maximum atomic E-state index is 12.0. The number of allylic oxidation sites excluding steroid dienone is 1. The predicted molar refractivity (Wildman–Crippen MR) is 108 cm³/mol. The molecule has 148 valence electrons. The largest absolute Gasteiger partial charge is 0.507 e. The van der Waals surface area contributed by atoms with Crippen LogP contribution in [0.4, 0.5) is 0 Å². The summed E-state index contributed by atoms with van der Waals surface area (Å²) in [5, 5.41) is 19.8. The lowest BCUT2D eigenvalue weighted by Crippen LogP contribution is -2.17. The van der Waals surface area contributed by atoms with Crippen molar-refractivity contribution in [2.45, 2.75) is 13.8 Å². The first-order chi connectivity index (χ1) is 13.9. The molecular weight excluding hydrogens is 370 g/mol. The summed E-state index contributed by atoms with van der Waals surface area (Å²) in [7, 11) is 1.75. The number of carbonyl (C=O) groups excluding carboxylic acids is 1. The van der Waals surface area contributed by atoms with Gasteiger partial charge in [-0.05, 0) is 43.2 Å². The summed E-state index contributed by atoms with van der Waals surface area (Å²) in [6.07, 6.45) is 0. The number of ether oxygens (including phenoxy) is 2. The molecule has 0 aliphatic heterocycles. The first kappa shape index (κ1) is 20.0. The highest BCUT2D eigenvalue weighted by Gasteiger charge is 2.17. The summed E-state index contributed by atoms with van der Waals surface area (Å²) in [6, 6.07) is 14.9. The van der Waals surface area contributed by atoms with Gasteiger partial charge in [0.15, 0.2) is 18.2 Å². The van der Waals surface area contributed by atoms with E-state index in [0.29, 0.717) is 17.1 Å². The standard InChI is InChI=1S/C22H21N3O4/c1-14-7-6-10-20(15(14)2)28-13-21(27)29-12-19(26)16(11-23)22-24-17-8-4-5-9-18(17)25(22)3/h4-10,26H,12-13H2,1-3H3/b19-16-. The Morgan fingerprint density at radius 2 is 1.93 bits per heavy atom. The molecule has 3 aromatic rings. The molecule has 29 heavy (non-hydrogen) atoms. The molecule has 0 saturated heterocycles. The number of aryl methyl sites for hydroxylation is 2. The van der Waals surface area contributed by atoms with Gasteiger partial charge in [-0.3, -0.25) is 0 Å². The fourth-order valence-corrected chi connectivity index (χ4v) is 2.89. The van der Waals surface area contributed by atoms with Gasteiger partial charge >= 0.3 is 5.97 Å². The number of fused-ring (bicyclic) bond motifs is 1. The molecule has 0 spiro atoms. The molecule has 0 unspecified atom stereocenters. The SMILES string of the molecule is Cc1cccc(OCC(=O)OC/C(O)=C(\C#N)c2nc3ccccc3n2C)c1C. The smallest absolute Gasteiger partial charge is 0.344 e. The van der Waals surface area contributed by atoms with Crippen molar-refractivity contribution in [1.29, 1.82) is 5.26 Å².